The van der Waals surface area contributed by atoms with Crippen molar-refractivity contribution in [2.24, 2.45) is 10.4 Å². The van der Waals surface area contributed by atoms with E-state index in [0.29, 0.717) is 12.5 Å². The first-order valence-corrected chi connectivity index (χ1v) is 8.94. The lowest BCUT2D eigenvalue weighted by Gasteiger charge is -2.30. The van der Waals surface area contributed by atoms with Crippen molar-refractivity contribution in [3.63, 3.8) is 0 Å². The maximum absolute atomic E-state index is 11.7. The number of likely N-dealkylation sites (N-methyl/N-ethyl adjacent to an activating group) is 1. The second-order valence-electron chi connectivity index (χ2n) is 6.63. The molecule has 0 aromatic carbocycles. The van der Waals surface area contributed by atoms with Crippen LogP contribution in [0.25, 0.3) is 0 Å². The molecule has 0 aromatic heterocycles. The summed E-state index contributed by atoms with van der Waals surface area (Å²) in [5.41, 5.74) is 0.275. The zero-order valence-corrected chi connectivity index (χ0v) is 18.3. The smallest absolute Gasteiger partial charge is 0.243 e. The lowest BCUT2D eigenvalue weighted by Crippen LogP contribution is -2.44. The molecular weight excluding hydrogens is 431 g/mol. The first-order chi connectivity index (χ1) is 11.5. The molecule has 1 saturated carbocycles. The number of carbonyl (C=O) groups excluding carboxylic acids is 1. The number of nitrogens with zero attached hydrogens (tertiary/aromatic N) is 2. The van der Waals surface area contributed by atoms with E-state index in [1.54, 1.807) is 25.1 Å². The van der Waals surface area contributed by atoms with Gasteiger partial charge in [0, 0.05) is 40.4 Å². The summed E-state index contributed by atoms with van der Waals surface area (Å²) in [7, 11) is 3.48. The zero-order valence-electron chi connectivity index (χ0n) is 16.0. The summed E-state index contributed by atoms with van der Waals surface area (Å²) in [6.07, 6.45) is 7.85. The van der Waals surface area contributed by atoms with Gasteiger partial charge in [-0.05, 0) is 31.6 Å². The molecule has 0 bridgehead atoms. The van der Waals surface area contributed by atoms with Gasteiger partial charge in [0.15, 0.2) is 5.96 Å². The van der Waals surface area contributed by atoms with E-state index in [0.717, 1.165) is 26.2 Å². The molecule has 146 valence electrons. The lowest BCUT2D eigenvalue weighted by atomic mass is 9.83. The molecule has 0 radical (unpaired) electrons. The molecule has 1 fully saturated rings. The normalized spacial score (nSPS) is 16.0. The van der Waals surface area contributed by atoms with Crippen molar-refractivity contribution in [2.45, 2.75) is 39.0 Å². The van der Waals surface area contributed by atoms with Gasteiger partial charge < -0.3 is 20.3 Å². The van der Waals surface area contributed by atoms with Crippen molar-refractivity contribution in [1.29, 1.82) is 0 Å². The molecule has 6 nitrogen and oxygen atoms in total. The van der Waals surface area contributed by atoms with Crippen molar-refractivity contribution in [1.82, 2.24) is 15.5 Å². The summed E-state index contributed by atoms with van der Waals surface area (Å²) in [4.78, 5) is 17.7. The first kappa shape index (κ1) is 24.2. The molecule has 1 aliphatic carbocycles. The van der Waals surface area contributed by atoms with Gasteiger partial charge in [0.2, 0.25) is 5.91 Å². The molecule has 0 heterocycles. The van der Waals surface area contributed by atoms with Crippen LogP contribution in [0.15, 0.2) is 17.6 Å². The first-order valence-electron chi connectivity index (χ1n) is 8.94. The molecular formula is C18H35IN4O2. The quantitative estimate of drug-likeness (QED) is 0.171. The predicted molar refractivity (Wildman–Crippen MR) is 115 cm³/mol. The highest BCUT2D eigenvalue weighted by atomic mass is 127. The summed E-state index contributed by atoms with van der Waals surface area (Å²) < 4.78 is 5.56. The molecule has 0 atom stereocenters. The van der Waals surface area contributed by atoms with Crippen LogP contribution in [0.1, 0.15) is 39.0 Å². The predicted octanol–water partition coefficient (Wildman–Crippen LogP) is 2.40. The number of rotatable bonds is 10. The number of nitrogens with one attached hydrogen (secondary N) is 2. The molecule has 25 heavy (non-hydrogen) atoms. The molecule has 1 rings (SSSR count). The number of guanidine groups is 1. The zero-order chi connectivity index (χ0) is 17.8. The molecule has 0 aliphatic heterocycles. The van der Waals surface area contributed by atoms with E-state index in [2.05, 4.69) is 22.2 Å². The number of halogens is 1. The van der Waals surface area contributed by atoms with Gasteiger partial charge in [0.25, 0.3) is 0 Å². The van der Waals surface area contributed by atoms with E-state index in [1.807, 2.05) is 6.92 Å². The van der Waals surface area contributed by atoms with Crippen LogP contribution in [0.4, 0.5) is 0 Å². The van der Waals surface area contributed by atoms with E-state index in [4.69, 9.17) is 4.74 Å². The van der Waals surface area contributed by atoms with Gasteiger partial charge in [-0.1, -0.05) is 18.9 Å². The number of amides is 1. The Hall–Kier alpha value is -0.830. The Morgan fingerprint density at radius 1 is 1.32 bits per heavy atom. The second kappa shape index (κ2) is 13.4. The van der Waals surface area contributed by atoms with Crippen molar-refractivity contribution in [2.75, 3.05) is 46.9 Å². The Bertz CT molecular complexity index is 421. The molecule has 0 saturated heterocycles. The van der Waals surface area contributed by atoms with Gasteiger partial charge in [0.1, 0.15) is 6.54 Å². The van der Waals surface area contributed by atoms with Crippen LogP contribution < -0.4 is 10.6 Å². The van der Waals surface area contributed by atoms with Crippen LogP contribution in [0.2, 0.25) is 0 Å². The van der Waals surface area contributed by atoms with E-state index in [1.165, 1.54) is 25.7 Å². The fourth-order valence-electron chi connectivity index (χ4n) is 2.98. The molecule has 0 unspecified atom stereocenters. The van der Waals surface area contributed by atoms with Crippen LogP contribution in [0.5, 0.6) is 0 Å². The number of ether oxygens (including phenoxy) is 1. The van der Waals surface area contributed by atoms with E-state index in [9.17, 15) is 4.79 Å². The van der Waals surface area contributed by atoms with Crippen LogP contribution in [-0.4, -0.2) is 63.7 Å². The topological polar surface area (TPSA) is 66.0 Å². The summed E-state index contributed by atoms with van der Waals surface area (Å²) in [5, 5.41) is 6.61. The molecule has 2 N–H and O–H groups in total. The van der Waals surface area contributed by atoms with E-state index in [-0.39, 0.29) is 41.8 Å². The van der Waals surface area contributed by atoms with Gasteiger partial charge in [-0.2, -0.15) is 0 Å². The standard InChI is InChI=1S/C18H34N4O2.HI/c1-5-12-19-17(20-14-16(23)22(3)4)21-15-18(9-7-8-10-18)11-13-24-6-2;/h5H,1,6-15H2,2-4H3,(H2,19,20,21);1H. The van der Waals surface area contributed by atoms with Crippen molar-refractivity contribution in [3.8, 4) is 0 Å². The minimum Gasteiger partial charge on any atom is -0.382 e. The molecule has 1 aliphatic rings. The maximum atomic E-state index is 11.7. The monoisotopic (exact) mass is 466 g/mol. The van der Waals surface area contributed by atoms with Crippen LogP contribution in [0, 0.1) is 5.41 Å². The van der Waals surface area contributed by atoms with Gasteiger partial charge in [-0.25, -0.2) is 4.99 Å². The van der Waals surface area contributed by atoms with Gasteiger partial charge in [0.05, 0.1) is 0 Å². The van der Waals surface area contributed by atoms with Gasteiger partial charge in [-0.15, -0.1) is 30.6 Å². The van der Waals surface area contributed by atoms with Gasteiger partial charge in [-0.3, -0.25) is 4.79 Å². The molecule has 7 heteroatoms. The Kier molecular flexibility index (Phi) is 12.9. The highest BCUT2D eigenvalue weighted by Gasteiger charge is 2.33. The third-order valence-corrected chi connectivity index (χ3v) is 4.56. The number of hydrogen-bond acceptors (Lipinski definition) is 3. The summed E-state index contributed by atoms with van der Waals surface area (Å²) in [6.45, 7) is 8.95. The highest BCUT2D eigenvalue weighted by molar-refractivity contribution is 14.0. The van der Waals surface area contributed by atoms with E-state index >= 15 is 0 Å². The van der Waals surface area contributed by atoms with Crippen LogP contribution in [0.3, 0.4) is 0 Å². The number of aliphatic imine (C=N–C) groups is 1. The SMILES string of the molecule is C=CCNC(=NCC(=O)N(C)C)NCC1(CCOCC)CCCC1.I. The molecule has 0 aromatic rings. The Morgan fingerprint density at radius 3 is 2.56 bits per heavy atom. The second-order valence-corrected chi connectivity index (χ2v) is 6.63. The van der Waals surface area contributed by atoms with Crippen molar-refractivity contribution in [3.05, 3.63) is 12.7 Å². The third kappa shape index (κ3) is 9.44. The average Bonchev–Trinajstić information content (AvgIpc) is 3.03. The number of hydrogen-bond donors (Lipinski definition) is 2. The largest absolute Gasteiger partial charge is 0.382 e. The fraction of sp³-hybridized carbons (Fsp3) is 0.778. The highest BCUT2D eigenvalue weighted by Crippen LogP contribution is 2.40. The molecule has 1 amide bonds. The Labute approximate surface area is 169 Å². The fourth-order valence-corrected chi connectivity index (χ4v) is 2.98. The van der Waals surface area contributed by atoms with Crippen LogP contribution in [-0.2, 0) is 9.53 Å². The number of carbonyl (C=O) groups is 1. The van der Waals surface area contributed by atoms with Crippen molar-refractivity contribution >= 4 is 35.8 Å². The third-order valence-electron chi connectivity index (χ3n) is 4.56. The minimum atomic E-state index is -0.0124. The van der Waals surface area contributed by atoms with E-state index < -0.39 is 0 Å². The average molecular weight is 466 g/mol. The van der Waals surface area contributed by atoms with Crippen molar-refractivity contribution < 1.29 is 9.53 Å². The maximum Gasteiger partial charge on any atom is 0.243 e. The summed E-state index contributed by atoms with van der Waals surface area (Å²) >= 11 is 0. The van der Waals surface area contributed by atoms with Gasteiger partial charge >= 0.3 is 0 Å². The summed E-state index contributed by atoms with van der Waals surface area (Å²) in [6, 6.07) is 0. The Morgan fingerprint density at radius 2 is 2.00 bits per heavy atom. The lowest BCUT2D eigenvalue weighted by molar-refractivity contribution is -0.127. The molecule has 0 spiro atoms. The Balaban J connectivity index is 0.00000576. The summed E-state index contributed by atoms with van der Waals surface area (Å²) in [5.74, 6) is 0.661. The van der Waals surface area contributed by atoms with Crippen LogP contribution >= 0.6 is 24.0 Å². The minimum absolute atomic E-state index is 0.